The van der Waals surface area contributed by atoms with Crippen molar-refractivity contribution >= 4 is 5.78 Å². The first kappa shape index (κ1) is 13.3. The van der Waals surface area contributed by atoms with Crippen molar-refractivity contribution in [3.63, 3.8) is 0 Å². The fourth-order valence-electron chi connectivity index (χ4n) is 1.93. The number of benzene rings is 2. The maximum absolute atomic E-state index is 12.2. The van der Waals surface area contributed by atoms with Gasteiger partial charge in [0.25, 0.3) is 0 Å². The third-order valence-corrected chi connectivity index (χ3v) is 3.02. The monoisotopic (exact) mass is 255 g/mol. The molecule has 0 aliphatic carbocycles. The summed E-state index contributed by atoms with van der Waals surface area (Å²) in [6.45, 7) is 0. The molecule has 2 aromatic rings. The maximum atomic E-state index is 12.2. The van der Waals surface area contributed by atoms with Gasteiger partial charge < -0.3 is 10.5 Å². The highest BCUT2D eigenvalue weighted by atomic mass is 16.5. The molecule has 0 fully saturated rings. The molecular weight excluding hydrogens is 238 g/mol. The van der Waals surface area contributed by atoms with Gasteiger partial charge in [-0.15, -0.1) is 0 Å². The zero-order valence-corrected chi connectivity index (χ0v) is 10.9. The SMILES string of the molecule is COc1cccc(C(=O)CC(N)c2ccccc2)c1. The van der Waals surface area contributed by atoms with Crippen LogP contribution in [0.1, 0.15) is 28.4 Å². The molecule has 2 aromatic carbocycles. The highest BCUT2D eigenvalue weighted by Crippen LogP contribution is 2.19. The number of ketones is 1. The number of rotatable bonds is 5. The molecule has 0 aromatic heterocycles. The van der Waals surface area contributed by atoms with E-state index in [1.807, 2.05) is 36.4 Å². The number of hydrogen-bond acceptors (Lipinski definition) is 3. The number of ether oxygens (including phenoxy) is 1. The van der Waals surface area contributed by atoms with Gasteiger partial charge in [-0.2, -0.15) is 0 Å². The molecule has 0 spiro atoms. The number of carbonyl (C=O) groups is 1. The number of Topliss-reactive ketones (excluding diaryl/α,β-unsaturated/α-hetero) is 1. The molecule has 2 rings (SSSR count). The molecule has 0 heterocycles. The number of methoxy groups -OCH3 is 1. The summed E-state index contributed by atoms with van der Waals surface area (Å²) >= 11 is 0. The van der Waals surface area contributed by atoms with Crippen LogP contribution in [-0.2, 0) is 0 Å². The van der Waals surface area contributed by atoms with Crippen LogP contribution in [0.5, 0.6) is 5.75 Å². The third kappa shape index (κ3) is 3.42. The molecule has 2 N–H and O–H groups in total. The predicted molar refractivity (Wildman–Crippen MR) is 75.3 cm³/mol. The minimum atomic E-state index is -0.278. The van der Waals surface area contributed by atoms with E-state index >= 15 is 0 Å². The van der Waals surface area contributed by atoms with Gasteiger partial charge in [-0.25, -0.2) is 0 Å². The van der Waals surface area contributed by atoms with E-state index in [1.165, 1.54) is 0 Å². The fraction of sp³-hybridized carbons (Fsp3) is 0.188. The van der Waals surface area contributed by atoms with Crippen LogP contribution < -0.4 is 10.5 Å². The zero-order valence-electron chi connectivity index (χ0n) is 10.9. The van der Waals surface area contributed by atoms with Crippen LogP contribution in [-0.4, -0.2) is 12.9 Å². The van der Waals surface area contributed by atoms with E-state index in [0.717, 1.165) is 5.56 Å². The van der Waals surface area contributed by atoms with E-state index in [1.54, 1.807) is 25.3 Å². The van der Waals surface area contributed by atoms with Gasteiger partial charge in [0.05, 0.1) is 7.11 Å². The lowest BCUT2D eigenvalue weighted by atomic mass is 9.99. The molecule has 3 nitrogen and oxygen atoms in total. The van der Waals surface area contributed by atoms with E-state index in [2.05, 4.69) is 0 Å². The Kier molecular flexibility index (Phi) is 4.31. The van der Waals surface area contributed by atoms with Crippen LogP contribution >= 0.6 is 0 Å². The average Bonchev–Trinajstić information content (AvgIpc) is 2.48. The van der Waals surface area contributed by atoms with Crippen LogP contribution in [0.3, 0.4) is 0 Å². The molecule has 98 valence electrons. The maximum Gasteiger partial charge on any atom is 0.164 e. The summed E-state index contributed by atoms with van der Waals surface area (Å²) < 4.78 is 5.11. The Morgan fingerprint density at radius 3 is 2.58 bits per heavy atom. The van der Waals surface area contributed by atoms with Gasteiger partial charge in [0, 0.05) is 18.0 Å². The zero-order chi connectivity index (χ0) is 13.7. The molecule has 0 bridgehead atoms. The van der Waals surface area contributed by atoms with Crippen LogP contribution in [0, 0.1) is 0 Å². The normalized spacial score (nSPS) is 11.9. The molecule has 19 heavy (non-hydrogen) atoms. The van der Waals surface area contributed by atoms with Crippen LogP contribution in [0.15, 0.2) is 54.6 Å². The molecule has 0 saturated carbocycles. The van der Waals surface area contributed by atoms with Crippen molar-refractivity contribution in [3.8, 4) is 5.75 Å². The number of carbonyl (C=O) groups excluding carboxylic acids is 1. The van der Waals surface area contributed by atoms with Crippen molar-refractivity contribution in [3.05, 3.63) is 65.7 Å². The molecule has 1 atom stereocenters. The summed E-state index contributed by atoms with van der Waals surface area (Å²) in [5, 5.41) is 0. The van der Waals surface area contributed by atoms with Crippen molar-refractivity contribution < 1.29 is 9.53 Å². The second-order valence-electron chi connectivity index (χ2n) is 4.38. The van der Waals surface area contributed by atoms with E-state index in [-0.39, 0.29) is 18.2 Å². The third-order valence-electron chi connectivity index (χ3n) is 3.02. The molecule has 0 saturated heterocycles. The van der Waals surface area contributed by atoms with Crippen molar-refractivity contribution in [2.24, 2.45) is 5.73 Å². The Labute approximate surface area is 113 Å². The van der Waals surface area contributed by atoms with Gasteiger partial charge in [0.2, 0.25) is 0 Å². The Morgan fingerprint density at radius 1 is 1.16 bits per heavy atom. The predicted octanol–water partition coefficient (Wildman–Crippen LogP) is 2.97. The molecule has 0 radical (unpaired) electrons. The van der Waals surface area contributed by atoms with Gasteiger partial charge in [-0.3, -0.25) is 4.79 Å². The van der Waals surface area contributed by atoms with Crippen molar-refractivity contribution in [1.82, 2.24) is 0 Å². The summed E-state index contributed by atoms with van der Waals surface area (Å²) in [7, 11) is 1.58. The second kappa shape index (κ2) is 6.16. The van der Waals surface area contributed by atoms with E-state index in [9.17, 15) is 4.79 Å². The van der Waals surface area contributed by atoms with Gasteiger partial charge in [0.15, 0.2) is 5.78 Å². The molecule has 1 unspecified atom stereocenters. The average molecular weight is 255 g/mol. The Morgan fingerprint density at radius 2 is 1.89 bits per heavy atom. The fourth-order valence-corrected chi connectivity index (χ4v) is 1.93. The molecule has 3 heteroatoms. The summed E-state index contributed by atoms with van der Waals surface area (Å²) in [6, 6.07) is 16.5. The van der Waals surface area contributed by atoms with Gasteiger partial charge in [0.1, 0.15) is 5.75 Å². The highest BCUT2D eigenvalue weighted by molar-refractivity contribution is 5.96. The minimum absolute atomic E-state index is 0.0234. The summed E-state index contributed by atoms with van der Waals surface area (Å²) in [5.74, 6) is 0.703. The molecular formula is C16H17NO2. The number of hydrogen-bond donors (Lipinski definition) is 1. The molecule has 0 amide bonds. The lowest BCUT2D eigenvalue weighted by molar-refractivity contribution is 0.0974. The highest BCUT2D eigenvalue weighted by Gasteiger charge is 2.13. The smallest absolute Gasteiger partial charge is 0.164 e. The van der Waals surface area contributed by atoms with E-state index < -0.39 is 0 Å². The lowest BCUT2D eigenvalue weighted by Gasteiger charge is -2.11. The molecule has 0 aliphatic heterocycles. The number of nitrogens with two attached hydrogens (primary N) is 1. The van der Waals surface area contributed by atoms with Gasteiger partial charge in [-0.05, 0) is 17.7 Å². The summed E-state index contributed by atoms with van der Waals surface area (Å²) in [5.41, 5.74) is 7.65. The van der Waals surface area contributed by atoms with Crippen molar-refractivity contribution in [1.29, 1.82) is 0 Å². The van der Waals surface area contributed by atoms with E-state index in [0.29, 0.717) is 11.3 Å². The van der Waals surface area contributed by atoms with Crippen molar-refractivity contribution in [2.75, 3.05) is 7.11 Å². The Hall–Kier alpha value is -2.13. The standard InChI is InChI=1S/C16H17NO2/c1-19-14-9-5-8-13(10-14)16(18)11-15(17)12-6-3-2-4-7-12/h2-10,15H,11,17H2,1H3. The van der Waals surface area contributed by atoms with Crippen LogP contribution in [0.25, 0.3) is 0 Å². The topological polar surface area (TPSA) is 52.3 Å². The lowest BCUT2D eigenvalue weighted by Crippen LogP contribution is -2.15. The second-order valence-corrected chi connectivity index (χ2v) is 4.38. The quantitative estimate of drug-likeness (QED) is 0.836. The van der Waals surface area contributed by atoms with Crippen molar-refractivity contribution in [2.45, 2.75) is 12.5 Å². The first-order valence-corrected chi connectivity index (χ1v) is 6.18. The summed E-state index contributed by atoms with van der Waals surface area (Å²) in [4.78, 5) is 12.2. The first-order chi connectivity index (χ1) is 9.20. The van der Waals surface area contributed by atoms with Crippen LogP contribution in [0.4, 0.5) is 0 Å². The van der Waals surface area contributed by atoms with Gasteiger partial charge >= 0.3 is 0 Å². The Balaban J connectivity index is 2.08. The van der Waals surface area contributed by atoms with E-state index in [4.69, 9.17) is 10.5 Å². The first-order valence-electron chi connectivity index (χ1n) is 6.18. The van der Waals surface area contributed by atoms with Crippen LogP contribution in [0.2, 0.25) is 0 Å². The largest absolute Gasteiger partial charge is 0.497 e. The Bertz CT molecular complexity index is 552. The summed E-state index contributed by atoms with van der Waals surface area (Å²) in [6.07, 6.45) is 0.289. The minimum Gasteiger partial charge on any atom is -0.497 e. The van der Waals surface area contributed by atoms with Gasteiger partial charge in [-0.1, -0.05) is 42.5 Å². The molecule has 0 aliphatic rings.